The number of hydrogen-bond donors (Lipinski definition) is 3. The van der Waals surface area contributed by atoms with E-state index in [1.807, 2.05) is 0 Å². The molecule has 3 N–H and O–H groups in total. The Morgan fingerprint density at radius 1 is 1.03 bits per heavy atom. The minimum atomic E-state index is 0.0990. The van der Waals surface area contributed by atoms with Gasteiger partial charge in [-0.2, -0.15) is 0 Å². The predicted molar refractivity (Wildman–Crippen MR) is 152 cm³/mol. The van der Waals surface area contributed by atoms with Crippen LogP contribution in [0.2, 0.25) is 0 Å². The first-order valence-corrected chi connectivity index (χ1v) is 15.3. The number of hydrogen-bond acceptors (Lipinski definition) is 7. The zero-order valence-electron chi connectivity index (χ0n) is 24.7. The van der Waals surface area contributed by atoms with Crippen molar-refractivity contribution in [2.24, 2.45) is 29.6 Å². The van der Waals surface area contributed by atoms with Crippen molar-refractivity contribution < 1.29 is 4.79 Å². The first-order valence-electron chi connectivity index (χ1n) is 15.3. The summed E-state index contributed by atoms with van der Waals surface area (Å²) in [5, 5.41) is 9.91. The van der Waals surface area contributed by atoms with Gasteiger partial charge in [0, 0.05) is 56.6 Å². The lowest BCUT2D eigenvalue weighted by molar-refractivity contribution is -0.129. The summed E-state index contributed by atoms with van der Waals surface area (Å²) < 4.78 is 0. The number of likely N-dealkylation sites (N-methyl/N-ethyl adjacent to an activating group) is 2. The molecule has 37 heavy (non-hydrogen) atoms. The van der Waals surface area contributed by atoms with E-state index in [1.165, 1.54) is 45.1 Å². The number of nitrogens with one attached hydrogen (secondary N) is 3. The number of carbonyl (C=O) groups is 1. The van der Waals surface area contributed by atoms with Gasteiger partial charge in [0.25, 0.3) is 0 Å². The van der Waals surface area contributed by atoms with E-state index >= 15 is 0 Å². The van der Waals surface area contributed by atoms with Gasteiger partial charge in [-0.05, 0) is 111 Å². The van der Waals surface area contributed by atoms with Crippen molar-refractivity contribution in [3.05, 3.63) is 0 Å². The molecule has 214 valence electrons. The summed E-state index contributed by atoms with van der Waals surface area (Å²) in [5.74, 6) is 2.81. The Labute approximate surface area is 227 Å². The van der Waals surface area contributed by atoms with Crippen LogP contribution in [0.15, 0.2) is 0 Å². The number of fused-ring (bicyclic) bond motifs is 1. The summed E-state index contributed by atoms with van der Waals surface area (Å²) in [6.07, 6.45) is 8.90. The zero-order chi connectivity index (χ0) is 26.5. The molecule has 0 aromatic carbocycles. The van der Waals surface area contributed by atoms with E-state index in [-0.39, 0.29) is 12.1 Å². The minimum Gasteiger partial charge on any atom is -0.356 e. The highest BCUT2D eigenvalue weighted by Crippen LogP contribution is 2.39. The largest absolute Gasteiger partial charge is 0.356 e. The molecule has 4 fully saturated rings. The molecular weight excluding hydrogens is 462 g/mol. The maximum absolute atomic E-state index is 13.7. The van der Waals surface area contributed by atoms with Gasteiger partial charge < -0.3 is 20.0 Å². The van der Waals surface area contributed by atoms with Crippen LogP contribution >= 0.6 is 0 Å². The van der Waals surface area contributed by atoms with E-state index in [1.54, 1.807) is 0 Å². The van der Waals surface area contributed by atoms with Crippen LogP contribution in [0.4, 0.5) is 0 Å². The van der Waals surface area contributed by atoms with Crippen molar-refractivity contribution in [3.8, 4) is 0 Å². The summed E-state index contributed by atoms with van der Waals surface area (Å²) in [7, 11) is 8.80. The fraction of sp³-hybridized carbons (Fsp3) is 0.966. The average molecular weight is 520 g/mol. The van der Waals surface area contributed by atoms with E-state index < -0.39 is 0 Å². The smallest absolute Gasteiger partial charge is 0.223 e. The molecule has 0 aromatic heterocycles. The van der Waals surface area contributed by atoms with Gasteiger partial charge in [0.15, 0.2) is 0 Å². The number of piperidine rings is 2. The van der Waals surface area contributed by atoms with Gasteiger partial charge in [-0.15, -0.1) is 0 Å². The van der Waals surface area contributed by atoms with E-state index in [0.29, 0.717) is 35.7 Å². The minimum absolute atomic E-state index is 0.0990. The maximum Gasteiger partial charge on any atom is 0.223 e. The van der Waals surface area contributed by atoms with Gasteiger partial charge >= 0.3 is 0 Å². The zero-order valence-corrected chi connectivity index (χ0v) is 24.7. The lowest BCUT2D eigenvalue weighted by atomic mass is 9.71. The highest BCUT2D eigenvalue weighted by Gasteiger charge is 2.49. The van der Waals surface area contributed by atoms with Gasteiger partial charge in [-0.1, -0.05) is 6.42 Å². The molecule has 8 nitrogen and oxygen atoms in total. The number of nitrogens with zero attached hydrogens (tertiary/aromatic N) is 4. The molecule has 6 atom stereocenters. The summed E-state index contributed by atoms with van der Waals surface area (Å²) in [4.78, 5) is 20.9. The lowest BCUT2D eigenvalue weighted by Gasteiger charge is -2.46. The Kier molecular flexibility index (Phi) is 10.7. The van der Waals surface area contributed by atoms with Crippen molar-refractivity contribution >= 4 is 5.91 Å². The fourth-order valence-electron chi connectivity index (χ4n) is 7.47. The quantitative estimate of drug-likeness (QED) is 0.407. The van der Waals surface area contributed by atoms with Crippen molar-refractivity contribution in [2.75, 3.05) is 74.0 Å². The molecule has 3 saturated heterocycles. The van der Waals surface area contributed by atoms with Crippen LogP contribution in [0.1, 0.15) is 58.8 Å². The van der Waals surface area contributed by atoms with Crippen LogP contribution in [0.5, 0.6) is 0 Å². The molecule has 8 heteroatoms. The molecule has 0 bridgehead atoms. The van der Waals surface area contributed by atoms with Gasteiger partial charge in [-0.3, -0.25) is 15.5 Å². The Morgan fingerprint density at radius 2 is 1.78 bits per heavy atom. The normalized spacial score (nSPS) is 34.4. The number of carbonyl (C=O) groups excluding carboxylic acids is 1. The second kappa shape index (κ2) is 13.5. The number of amides is 1. The Morgan fingerprint density at radius 3 is 2.49 bits per heavy atom. The van der Waals surface area contributed by atoms with Gasteiger partial charge in [0.05, 0.1) is 6.17 Å². The summed E-state index contributed by atoms with van der Waals surface area (Å²) in [6.45, 7) is 12.0. The van der Waals surface area contributed by atoms with Crippen molar-refractivity contribution in [1.29, 1.82) is 0 Å². The van der Waals surface area contributed by atoms with Crippen LogP contribution in [0, 0.1) is 29.6 Å². The molecule has 3 heterocycles. The summed E-state index contributed by atoms with van der Waals surface area (Å²) in [6, 6.07) is 0.838. The van der Waals surface area contributed by atoms with Crippen LogP contribution in [0.3, 0.4) is 0 Å². The first kappa shape index (κ1) is 29.2. The van der Waals surface area contributed by atoms with Crippen molar-refractivity contribution in [2.45, 2.75) is 77.0 Å². The van der Waals surface area contributed by atoms with Crippen molar-refractivity contribution in [1.82, 2.24) is 35.8 Å². The third kappa shape index (κ3) is 7.89. The van der Waals surface area contributed by atoms with E-state index in [0.717, 1.165) is 51.6 Å². The van der Waals surface area contributed by atoms with Crippen LogP contribution in [0.25, 0.3) is 0 Å². The lowest BCUT2D eigenvalue weighted by Crippen LogP contribution is -2.62. The molecule has 4 rings (SSSR count). The highest BCUT2D eigenvalue weighted by molar-refractivity contribution is 5.79. The molecule has 1 aliphatic carbocycles. The molecule has 1 amide bonds. The average Bonchev–Trinajstić information content (AvgIpc) is 3.31. The predicted octanol–water partition coefficient (Wildman–Crippen LogP) is 1.89. The molecule has 0 spiro atoms. The second-order valence-electron chi connectivity index (χ2n) is 13.4. The number of likely N-dealkylation sites (tertiary alicyclic amines) is 1. The topological polar surface area (TPSA) is 66.1 Å². The SMILES string of the molecule is CC(C)N1NCC2C(C(=O)NCC3CCN(C)CC3)CC(C3CCCC(CN(C)CCN(C)C)C3)NC21. The molecule has 0 aromatic rings. The van der Waals surface area contributed by atoms with Gasteiger partial charge in [-0.25, -0.2) is 5.01 Å². The third-order valence-electron chi connectivity index (χ3n) is 9.81. The number of hydrazine groups is 1. The molecule has 6 unspecified atom stereocenters. The van der Waals surface area contributed by atoms with Gasteiger partial charge in [0.1, 0.15) is 0 Å². The van der Waals surface area contributed by atoms with Crippen molar-refractivity contribution in [3.63, 3.8) is 0 Å². The Balaban J connectivity index is 1.38. The first-order chi connectivity index (χ1) is 17.7. The van der Waals surface area contributed by atoms with E-state index in [9.17, 15) is 4.79 Å². The molecule has 4 aliphatic rings. The maximum atomic E-state index is 13.7. The van der Waals surface area contributed by atoms with E-state index in [4.69, 9.17) is 0 Å². The standard InChI is InChI=1S/C29H57N7O/c1-21(2)36-28-26(19-31-36)25(29(37)30-18-22-10-12-34(5)13-11-22)17-27(32-28)24-9-7-8-23(16-24)20-35(6)15-14-33(3)4/h21-28,31-32H,7-20H2,1-6H3,(H,30,37). The monoisotopic (exact) mass is 519 g/mol. The summed E-state index contributed by atoms with van der Waals surface area (Å²) >= 11 is 0. The molecule has 1 saturated carbocycles. The van der Waals surface area contributed by atoms with Crippen LogP contribution in [-0.2, 0) is 4.79 Å². The summed E-state index contributed by atoms with van der Waals surface area (Å²) in [5.41, 5.74) is 3.65. The van der Waals surface area contributed by atoms with Gasteiger partial charge in [0.2, 0.25) is 5.91 Å². The molecule has 0 radical (unpaired) electrons. The fourth-order valence-corrected chi connectivity index (χ4v) is 7.47. The second-order valence-corrected chi connectivity index (χ2v) is 13.4. The van der Waals surface area contributed by atoms with E-state index in [2.05, 4.69) is 77.8 Å². The Bertz CT molecular complexity index is 710. The third-order valence-corrected chi connectivity index (χ3v) is 9.81. The number of rotatable bonds is 10. The van der Waals surface area contributed by atoms with Crippen LogP contribution in [-0.4, -0.2) is 118 Å². The molecular formula is C29H57N7O. The highest BCUT2D eigenvalue weighted by atomic mass is 16.1. The Hall–Kier alpha value is -0.770. The molecule has 3 aliphatic heterocycles. The van der Waals surface area contributed by atoms with Crippen LogP contribution < -0.4 is 16.1 Å².